The van der Waals surface area contributed by atoms with E-state index in [9.17, 15) is 14.4 Å². The van der Waals surface area contributed by atoms with Crippen LogP contribution in [0.1, 0.15) is 19.8 Å². The van der Waals surface area contributed by atoms with Gasteiger partial charge in [-0.05, 0) is 12.8 Å². The van der Waals surface area contributed by atoms with Gasteiger partial charge in [-0.3, -0.25) is 0 Å². The van der Waals surface area contributed by atoms with Gasteiger partial charge in [0.1, 0.15) is 0 Å². The Labute approximate surface area is 92.2 Å². The monoisotopic (exact) mass is 221 g/mol. The minimum absolute atomic E-state index is 0.0546. The number of hydrogen-bond donors (Lipinski definition) is 0. The predicted molar refractivity (Wildman–Crippen MR) is 54.1 cm³/mol. The lowest BCUT2D eigenvalue weighted by Gasteiger charge is -2.32. The minimum Gasteiger partial charge on any atom is -0.211 e. The van der Waals surface area contributed by atoms with Crippen LogP contribution in [0.5, 0.6) is 0 Å². The first-order valence-corrected chi connectivity index (χ1v) is 4.93. The van der Waals surface area contributed by atoms with Crippen LogP contribution in [-0.2, 0) is 14.4 Å². The summed E-state index contributed by atoms with van der Waals surface area (Å²) in [6, 6.07) is -0.913. The van der Waals surface area contributed by atoms with Crippen molar-refractivity contribution in [2.24, 2.45) is 20.9 Å². The molecule has 2 unspecified atom stereocenters. The molecule has 0 aliphatic heterocycles. The lowest BCUT2D eigenvalue weighted by molar-refractivity contribution is 0.264. The quantitative estimate of drug-likeness (QED) is 0.514. The van der Waals surface area contributed by atoms with Crippen LogP contribution in [0.4, 0.5) is 0 Å². The van der Waals surface area contributed by atoms with E-state index in [4.69, 9.17) is 0 Å². The molecular formula is C10H11N3O3. The second-order valence-electron chi connectivity index (χ2n) is 3.78. The Morgan fingerprint density at radius 3 is 1.69 bits per heavy atom. The van der Waals surface area contributed by atoms with Crippen LogP contribution >= 0.6 is 0 Å². The van der Waals surface area contributed by atoms with E-state index in [0.717, 1.165) is 0 Å². The average Bonchev–Trinajstić information content (AvgIpc) is 2.26. The van der Waals surface area contributed by atoms with Gasteiger partial charge in [-0.2, -0.15) is 0 Å². The van der Waals surface area contributed by atoms with E-state index in [-0.39, 0.29) is 24.0 Å². The molecule has 0 aromatic rings. The van der Waals surface area contributed by atoms with Crippen molar-refractivity contribution in [1.29, 1.82) is 0 Å². The van der Waals surface area contributed by atoms with Crippen molar-refractivity contribution in [2.75, 3.05) is 0 Å². The molecule has 0 radical (unpaired) electrons. The molecule has 0 aromatic carbocycles. The van der Waals surface area contributed by atoms with Crippen molar-refractivity contribution in [3.8, 4) is 0 Å². The van der Waals surface area contributed by atoms with Gasteiger partial charge in [0.25, 0.3) is 0 Å². The maximum absolute atomic E-state index is 10.2. The third-order valence-electron chi connectivity index (χ3n) is 2.91. The molecule has 84 valence electrons. The Balaban J connectivity index is 2.90. The summed E-state index contributed by atoms with van der Waals surface area (Å²) in [7, 11) is 0. The van der Waals surface area contributed by atoms with E-state index in [2.05, 4.69) is 15.0 Å². The Kier molecular flexibility index (Phi) is 4.49. The third-order valence-corrected chi connectivity index (χ3v) is 2.91. The van der Waals surface area contributed by atoms with Crippen LogP contribution in [0.15, 0.2) is 15.0 Å². The van der Waals surface area contributed by atoms with Crippen LogP contribution in [0.3, 0.4) is 0 Å². The second kappa shape index (κ2) is 5.89. The fourth-order valence-corrected chi connectivity index (χ4v) is 2.00. The van der Waals surface area contributed by atoms with E-state index in [1.165, 1.54) is 18.2 Å². The summed E-state index contributed by atoms with van der Waals surface area (Å²) in [5.74, 6) is -0.0546. The lowest BCUT2D eigenvalue weighted by atomic mass is 9.80. The summed E-state index contributed by atoms with van der Waals surface area (Å²) in [5.41, 5.74) is 0. The van der Waals surface area contributed by atoms with Crippen LogP contribution in [0, 0.1) is 5.92 Å². The molecule has 0 aromatic heterocycles. The van der Waals surface area contributed by atoms with Crippen molar-refractivity contribution >= 4 is 18.2 Å². The fourth-order valence-electron chi connectivity index (χ4n) is 2.00. The molecule has 0 heterocycles. The standard InChI is InChI=1S/C10H11N3O3/c1-7-9(12-5-15)2-8(11-4-14)3-10(7)13-6-16/h7-10H,2-3H2,1H3. The molecular weight excluding hydrogens is 210 g/mol. The molecule has 1 saturated carbocycles. The highest BCUT2D eigenvalue weighted by Crippen LogP contribution is 2.30. The van der Waals surface area contributed by atoms with E-state index >= 15 is 0 Å². The first kappa shape index (κ1) is 12.2. The van der Waals surface area contributed by atoms with E-state index < -0.39 is 0 Å². The first-order valence-electron chi connectivity index (χ1n) is 4.93. The molecule has 0 saturated heterocycles. The zero-order valence-corrected chi connectivity index (χ0v) is 8.79. The maximum Gasteiger partial charge on any atom is 0.235 e. The van der Waals surface area contributed by atoms with Gasteiger partial charge >= 0.3 is 0 Å². The summed E-state index contributed by atoms with van der Waals surface area (Å²) in [4.78, 5) is 41.5. The second-order valence-corrected chi connectivity index (χ2v) is 3.78. The molecule has 1 aliphatic rings. The Bertz CT molecular complexity index is 362. The van der Waals surface area contributed by atoms with Crippen LogP contribution in [-0.4, -0.2) is 36.4 Å². The Morgan fingerprint density at radius 2 is 1.31 bits per heavy atom. The lowest BCUT2D eigenvalue weighted by Crippen LogP contribution is -2.38. The van der Waals surface area contributed by atoms with Crippen LogP contribution in [0.25, 0.3) is 0 Å². The van der Waals surface area contributed by atoms with Gasteiger partial charge in [0.05, 0.1) is 18.1 Å². The third kappa shape index (κ3) is 2.81. The molecule has 16 heavy (non-hydrogen) atoms. The number of aliphatic imine (C=N–C) groups is 3. The zero-order chi connectivity index (χ0) is 12.0. The number of hydrogen-bond acceptors (Lipinski definition) is 6. The van der Waals surface area contributed by atoms with Crippen molar-refractivity contribution in [3.63, 3.8) is 0 Å². The SMILES string of the molecule is CC1C(N=C=O)CC(N=C=O)CC1N=C=O. The van der Waals surface area contributed by atoms with E-state index in [1.807, 2.05) is 6.92 Å². The number of carbonyl (C=O) groups excluding carboxylic acids is 3. The van der Waals surface area contributed by atoms with Gasteiger partial charge in [-0.25, -0.2) is 29.4 Å². The van der Waals surface area contributed by atoms with Crippen molar-refractivity contribution in [1.82, 2.24) is 0 Å². The molecule has 0 bridgehead atoms. The smallest absolute Gasteiger partial charge is 0.211 e. The topological polar surface area (TPSA) is 88.3 Å². The summed E-state index contributed by atoms with van der Waals surface area (Å²) >= 11 is 0. The molecule has 0 N–H and O–H groups in total. The van der Waals surface area contributed by atoms with Crippen LogP contribution in [0.2, 0.25) is 0 Å². The summed E-state index contributed by atoms with van der Waals surface area (Å²) in [6.07, 6.45) is 5.41. The van der Waals surface area contributed by atoms with Gasteiger partial charge in [-0.1, -0.05) is 6.92 Å². The van der Waals surface area contributed by atoms with Crippen molar-refractivity contribution < 1.29 is 14.4 Å². The normalized spacial score (nSPS) is 32.8. The summed E-state index contributed by atoms with van der Waals surface area (Å²) in [6.45, 7) is 1.85. The number of nitrogens with zero attached hydrogens (tertiary/aromatic N) is 3. The van der Waals surface area contributed by atoms with Crippen molar-refractivity contribution in [3.05, 3.63) is 0 Å². The molecule has 6 heteroatoms. The summed E-state index contributed by atoms with van der Waals surface area (Å²) < 4.78 is 0. The molecule has 1 rings (SSSR count). The van der Waals surface area contributed by atoms with Gasteiger partial charge in [0.2, 0.25) is 18.2 Å². The zero-order valence-electron chi connectivity index (χ0n) is 8.79. The van der Waals surface area contributed by atoms with Crippen molar-refractivity contribution in [2.45, 2.75) is 37.9 Å². The molecule has 1 aliphatic carbocycles. The summed E-state index contributed by atoms with van der Waals surface area (Å²) in [5, 5.41) is 0. The largest absolute Gasteiger partial charge is 0.235 e. The highest BCUT2D eigenvalue weighted by atomic mass is 16.1. The number of rotatable bonds is 3. The predicted octanol–water partition coefficient (Wildman–Crippen LogP) is 0.530. The molecule has 0 spiro atoms. The van der Waals surface area contributed by atoms with Gasteiger partial charge in [-0.15, -0.1) is 0 Å². The average molecular weight is 221 g/mol. The van der Waals surface area contributed by atoms with E-state index in [1.54, 1.807) is 0 Å². The van der Waals surface area contributed by atoms with Gasteiger partial charge < -0.3 is 0 Å². The highest BCUT2D eigenvalue weighted by Gasteiger charge is 2.35. The molecule has 6 nitrogen and oxygen atoms in total. The van der Waals surface area contributed by atoms with Gasteiger partial charge in [0, 0.05) is 5.92 Å². The molecule has 2 atom stereocenters. The van der Waals surface area contributed by atoms with Crippen LogP contribution < -0.4 is 0 Å². The molecule has 0 amide bonds. The molecule has 1 fully saturated rings. The Hall–Kier alpha value is -1.86. The highest BCUT2D eigenvalue weighted by molar-refractivity contribution is 5.36. The fraction of sp³-hybridized carbons (Fsp3) is 0.700. The Morgan fingerprint density at radius 1 is 0.875 bits per heavy atom. The number of isocyanates is 3. The van der Waals surface area contributed by atoms with E-state index in [0.29, 0.717) is 12.8 Å². The van der Waals surface area contributed by atoms with Gasteiger partial charge in [0.15, 0.2) is 0 Å². The first-order chi connectivity index (χ1) is 7.72. The maximum atomic E-state index is 10.2. The minimum atomic E-state index is -0.310.